The second-order valence-electron chi connectivity index (χ2n) is 7.08. The topological polar surface area (TPSA) is 88.2 Å². The van der Waals surface area contributed by atoms with Gasteiger partial charge < -0.3 is 24.6 Å². The molecule has 1 aromatic rings. The zero-order valence-electron chi connectivity index (χ0n) is 15.1. The van der Waals surface area contributed by atoms with Gasteiger partial charge in [-0.15, -0.1) is 0 Å². The van der Waals surface area contributed by atoms with Gasteiger partial charge in [-0.1, -0.05) is 6.07 Å². The maximum Gasteiger partial charge on any atom is 0.245 e. The molecule has 27 heavy (non-hydrogen) atoms. The third-order valence-corrected chi connectivity index (χ3v) is 5.25. The van der Waals surface area contributed by atoms with Crippen molar-refractivity contribution in [2.75, 3.05) is 33.0 Å². The number of benzene rings is 1. The Hall–Kier alpha value is -2.77. The molecule has 1 aromatic carbocycles. The van der Waals surface area contributed by atoms with Gasteiger partial charge in [0, 0.05) is 32.6 Å². The Labute approximate surface area is 157 Å². The fourth-order valence-electron chi connectivity index (χ4n) is 3.74. The molecule has 0 spiro atoms. The van der Waals surface area contributed by atoms with Crippen molar-refractivity contribution in [2.45, 2.75) is 31.7 Å². The van der Waals surface area contributed by atoms with Crippen molar-refractivity contribution < 1.29 is 23.9 Å². The molecule has 0 saturated carbocycles. The number of ether oxygens (including phenoxy) is 2. The molecule has 3 amide bonds. The number of carbonyl (C=O) groups is 3. The third kappa shape index (κ3) is 3.84. The number of nitrogens with zero attached hydrogens (tertiary/aromatic N) is 2. The molecule has 3 aliphatic heterocycles. The van der Waals surface area contributed by atoms with E-state index < -0.39 is 6.04 Å². The summed E-state index contributed by atoms with van der Waals surface area (Å²) < 4.78 is 10.7. The monoisotopic (exact) mass is 373 g/mol. The number of fused-ring (bicyclic) bond motifs is 1. The molecule has 3 aliphatic rings. The first-order valence-corrected chi connectivity index (χ1v) is 9.34. The molecule has 3 heterocycles. The minimum absolute atomic E-state index is 0.0362. The van der Waals surface area contributed by atoms with Gasteiger partial charge in [0.05, 0.1) is 6.42 Å². The van der Waals surface area contributed by atoms with E-state index in [0.29, 0.717) is 56.9 Å². The van der Waals surface area contributed by atoms with E-state index in [4.69, 9.17) is 9.47 Å². The summed E-state index contributed by atoms with van der Waals surface area (Å²) in [7, 11) is 0. The summed E-state index contributed by atoms with van der Waals surface area (Å²) in [6.07, 6.45) is 1.99. The summed E-state index contributed by atoms with van der Waals surface area (Å²) in [5.74, 6) is 1.31. The predicted octanol–water partition coefficient (Wildman–Crippen LogP) is 0.297. The van der Waals surface area contributed by atoms with Crippen LogP contribution in [-0.4, -0.2) is 66.5 Å². The zero-order valence-corrected chi connectivity index (χ0v) is 15.1. The van der Waals surface area contributed by atoms with Gasteiger partial charge in [0.25, 0.3) is 0 Å². The van der Waals surface area contributed by atoms with E-state index in [2.05, 4.69) is 5.32 Å². The number of amides is 3. The van der Waals surface area contributed by atoms with Gasteiger partial charge in [-0.25, -0.2) is 0 Å². The highest BCUT2D eigenvalue weighted by molar-refractivity contribution is 5.90. The molecule has 0 aromatic heterocycles. The van der Waals surface area contributed by atoms with E-state index in [9.17, 15) is 14.4 Å². The van der Waals surface area contributed by atoms with Gasteiger partial charge in [-0.3, -0.25) is 14.4 Å². The lowest BCUT2D eigenvalue weighted by molar-refractivity contribution is -0.135. The van der Waals surface area contributed by atoms with Crippen LogP contribution in [0, 0.1) is 0 Å². The average molecular weight is 373 g/mol. The van der Waals surface area contributed by atoms with Gasteiger partial charge in [0.15, 0.2) is 11.5 Å². The zero-order chi connectivity index (χ0) is 18.8. The van der Waals surface area contributed by atoms with Crippen molar-refractivity contribution in [3.8, 4) is 11.5 Å². The smallest absolute Gasteiger partial charge is 0.245 e. The number of nitrogens with one attached hydrogen (secondary N) is 1. The summed E-state index contributed by atoms with van der Waals surface area (Å²) in [4.78, 5) is 40.2. The molecule has 0 radical (unpaired) electrons. The van der Waals surface area contributed by atoms with Crippen LogP contribution in [0.2, 0.25) is 0 Å². The molecule has 2 saturated heterocycles. The van der Waals surface area contributed by atoms with Crippen LogP contribution >= 0.6 is 0 Å². The van der Waals surface area contributed by atoms with E-state index in [1.807, 2.05) is 23.1 Å². The average Bonchev–Trinajstić information content (AvgIpc) is 3.22. The Bertz CT molecular complexity index is 766. The second-order valence-corrected chi connectivity index (χ2v) is 7.08. The van der Waals surface area contributed by atoms with E-state index in [1.165, 1.54) is 0 Å². The van der Waals surface area contributed by atoms with Gasteiger partial charge >= 0.3 is 0 Å². The van der Waals surface area contributed by atoms with Crippen molar-refractivity contribution >= 4 is 17.7 Å². The Morgan fingerprint density at radius 2 is 1.85 bits per heavy atom. The summed E-state index contributed by atoms with van der Waals surface area (Å²) >= 11 is 0. The van der Waals surface area contributed by atoms with E-state index in [-0.39, 0.29) is 24.5 Å². The molecule has 0 bridgehead atoms. The standard InChI is InChI=1S/C19H23N3O5/c23-17-5-3-14(20-17)19(25)22-7-1-6-21(8-9-22)18(24)11-13-2-4-15-16(10-13)27-12-26-15/h2,4,10,14H,1,3,5-9,11-12H2,(H,20,23). The third-order valence-electron chi connectivity index (χ3n) is 5.25. The number of carbonyl (C=O) groups excluding carboxylic acids is 3. The molecule has 8 nitrogen and oxygen atoms in total. The quantitative estimate of drug-likeness (QED) is 0.823. The minimum Gasteiger partial charge on any atom is -0.454 e. The molecule has 2 fully saturated rings. The maximum absolute atomic E-state index is 12.7. The predicted molar refractivity (Wildman–Crippen MR) is 95.2 cm³/mol. The number of hydrogen-bond acceptors (Lipinski definition) is 5. The second kappa shape index (κ2) is 7.46. The maximum atomic E-state index is 12.7. The number of hydrogen-bond donors (Lipinski definition) is 1. The SMILES string of the molecule is O=C1CCC(C(=O)N2CCCN(C(=O)Cc3ccc4c(c3)OCO4)CC2)N1. The van der Waals surface area contributed by atoms with Crippen LogP contribution in [-0.2, 0) is 20.8 Å². The fourth-order valence-corrected chi connectivity index (χ4v) is 3.74. The van der Waals surface area contributed by atoms with Crippen LogP contribution in [0.3, 0.4) is 0 Å². The lowest BCUT2D eigenvalue weighted by Crippen LogP contribution is -2.46. The van der Waals surface area contributed by atoms with Crippen LogP contribution in [0.25, 0.3) is 0 Å². The first kappa shape index (κ1) is 17.6. The molecule has 1 atom stereocenters. The number of rotatable bonds is 3. The molecule has 1 unspecified atom stereocenters. The molecule has 1 N–H and O–H groups in total. The minimum atomic E-state index is -0.409. The Morgan fingerprint density at radius 3 is 2.67 bits per heavy atom. The molecule has 8 heteroatoms. The van der Waals surface area contributed by atoms with Crippen LogP contribution in [0.1, 0.15) is 24.8 Å². The fraction of sp³-hybridized carbons (Fsp3) is 0.526. The van der Waals surface area contributed by atoms with Crippen LogP contribution in [0.5, 0.6) is 11.5 Å². The lowest BCUT2D eigenvalue weighted by Gasteiger charge is -2.24. The highest BCUT2D eigenvalue weighted by Gasteiger charge is 2.32. The first-order chi connectivity index (χ1) is 13.1. The summed E-state index contributed by atoms with van der Waals surface area (Å²) in [5, 5.41) is 2.73. The lowest BCUT2D eigenvalue weighted by atomic mass is 10.1. The Morgan fingerprint density at radius 1 is 1.07 bits per heavy atom. The van der Waals surface area contributed by atoms with Crippen LogP contribution < -0.4 is 14.8 Å². The summed E-state index contributed by atoms with van der Waals surface area (Å²) in [5.41, 5.74) is 0.884. The van der Waals surface area contributed by atoms with Crippen LogP contribution in [0.4, 0.5) is 0 Å². The molecule has 0 aliphatic carbocycles. The van der Waals surface area contributed by atoms with Crippen molar-refractivity contribution in [1.29, 1.82) is 0 Å². The molecular weight excluding hydrogens is 350 g/mol. The Balaban J connectivity index is 1.33. The van der Waals surface area contributed by atoms with E-state index in [1.54, 1.807) is 4.90 Å². The normalized spacial score (nSPS) is 21.8. The van der Waals surface area contributed by atoms with E-state index >= 15 is 0 Å². The van der Waals surface area contributed by atoms with Crippen molar-refractivity contribution in [3.05, 3.63) is 23.8 Å². The van der Waals surface area contributed by atoms with Gasteiger partial charge in [-0.05, 0) is 30.5 Å². The van der Waals surface area contributed by atoms with Crippen molar-refractivity contribution in [1.82, 2.24) is 15.1 Å². The van der Waals surface area contributed by atoms with Gasteiger partial charge in [-0.2, -0.15) is 0 Å². The molecular formula is C19H23N3O5. The van der Waals surface area contributed by atoms with Crippen molar-refractivity contribution in [2.24, 2.45) is 0 Å². The van der Waals surface area contributed by atoms with E-state index in [0.717, 1.165) is 12.0 Å². The Kier molecular flexibility index (Phi) is 4.87. The summed E-state index contributed by atoms with van der Waals surface area (Å²) in [6, 6.07) is 5.13. The highest BCUT2D eigenvalue weighted by Crippen LogP contribution is 2.32. The summed E-state index contributed by atoms with van der Waals surface area (Å²) in [6.45, 7) is 2.46. The highest BCUT2D eigenvalue weighted by atomic mass is 16.7. The van der Waals surface area contributed by atoms with Gasteiger partial charge in [0.1, 0.15) is 6.04 Å². The first-order valence-electron chi connectivity index (χ1n) is 9.34. The van der Waals surface area contributed by atoms with Crippen molar-refractivity contribution in [3.63, 3.8) is 0 Å². The van der Waals surface area contributed by atoms with Gasteiger partial charge in [0.2, 0.25) is 24.5 Å². The largest absolute Gasteiger partial charge is 0.454 e. The molecule has 144 valence electrons. The van der Waals surface area contributed by atoms with Crippen LogP contribution in [0.15, 0.2) is 18.2 Å². The molecule has 4 rings (SSSR count).